The molecule has 12 nitrogen and oxygen atoms in total. The largest absolute Gasteiger partial charge is 0.437 e. The summed E-state index contributed by atoms with van der Waals surface area (Å²) in [5, 5.41) is 8.16. The van der Waals surface area contributed by atoms with E-state index in [0.29, 0.717) is 45.7 Å². The zero-order chi connectivity index (χ0) is 95.8. The number of furan rings is 4. The second kappa shape index (κ2) is 32.9. The monoisotopic (exact) mass is 1590 g/mol. The average molecular weight is 1590 g/mol. The molecule has 0 bridgehead atoms. The van der Waals surface area contributed by atoms with E-state index in [1.54, 1.807) is 24.6 Å². The van der Waals surface area contributed by atoms with Gasteiger partial charge in [-0.05, 0) is 220 Å². The molecule has 0 saturated carbocycles. The first-order valence-electron chi connectivity index (χ1n) is 47.6. The zero-order valence-electron chi connectivity index (χ0n) is 86.8. The van der Waals surface area contributed by atoms with E-state index < -0.39 is 49.1 Å². The van der Waals surface area contributed by atoms with Gasteiger partial charge in [0.1, 0.15) is 28.2 Å². The molecule has 0 saturated heterocycles. The van der Waals surface area contributed by atoms with Crippen molar-refractivity contribution in [2.24, 2.45) is 49.9 Å². The number of aromatic nitrogens is 8. The van der Waals surface area contributed by atoms with Crippen LogP contribution in [0.2, 0.25) is 0 Å². The van der Waals surface area contributed by atoms with E-state index in [1.807, 2.05) is 129 Å². The standard InChI is InChI=1S/2C27H33N2O.2C26H31N2O/c2*1-16(2)22-12-11-21-20-10-9-17(3)24(25(20)30-26(21)28-22)23-13-18(4)19(15-29(23)8)14-27(5,6)7;2*1-8-19-10-12-21-20-11-9-16(2)23(24(20)29-25(21)27-19)22-13-17(3)18(15-28(22)7)14-26(4,5)6/h2*9-13,15-16H,14H2,1-8H3;2*9-13,15H,8,14H2,1-7H3/q4*+1/i14D2;;4D3,5D3,14D2;14D2. The van der Waals surface area contributed by atoms with Crippen molar-refractivity contribution in [3.63, 3.8) is 0 Å². The van der Waals surface area contributed by atoms with E-state index in [4.69, 9.17) is 44.1 Å². The molecule has 4 aromatic carbocycles. The van der Waals surface area contributed by atoms with Crippen LogP contribution in [0.15, 0.2) is 164 Å². The molecule has 612 valence electrons. The van der Waals surface area contributed by atoms with Crippen LogP contribution in [0.4, 0.5) is 0 Å². The Bertz CT molecular complexity index is 7110. The molecule has 0 radical (unpaired) electrons. The third-order valence-electron chi connectivity index (χ3n) is 22.1. The lowest BCUT2D eigenvalue weighted by Gasteiger charge is -2.19. The lowest BCUT2D eigenvalue weighted by molar-refractivity contribution is -0.661. The Morgan fingerprint density at radius 2 is 0.576 bits per heavy atom. The number of aryl methyl sites for hydroxylation is 14. The Morgan fingerprint density at radius 3 is 0.839 bits per heavy atom. The molecular formula is C106H128N8O4+4. The molecule has 16 aromatic rings. The number of fused-ring (bicyclic) bond motifs is 12. The molecule has 0 atom stereocenters. The number of benzene rings is 4. The maximum atomic E-state index is 8.84. The van der Waals surface area contributed by atoms with E-state index >= 15 is 0 Å². The quantitative estimate of drug-likeness (QED) is 0.111. The normalized spacial score (nSPS) is 14.4. The van der Waals surface area contributed by atoms with Crippen molar-refractivity contribution in [3.05, 3.63) is 236 Å². The molecule has 12 heterocycles. The highest BCUT2D eigenvalue weighted by atomic mass is 16.4. The highest BCUT2D eigenvalue weighted by molar-refractivity contribution is 6.12. The maximum Gasteiger partial charge on any atom is 0.227 e. The van der Waals surface area contributed by atoms with Crippen molar-refractivity contribution >= 4 is 88.3 Å². The van der Waals surface area contributed by atoms with Crippen LogP contribution in [0.25, 0.3) is 133 Å². The predicted molar refractivity (Wildman–Crippen MR) is 490 cm³/mol. The van der Waals surface area contributed by atoms with Crippen molar-refractivity contribution in [3.8, 4) is 45.0 Å². The summed E-state index contributed by atoms with van der Waals surface area (Å²) in [6.45, 7) is 42.2. The summed E-state index contributed by atoms with van der Waals surface area (Å²) in [6.07, 6.45) is 4.76. The Labute approximate surface area is 717 Å². The van der Waals surface area contributed by atoms with Crippen LogP contribution in [0.3, 0.4) is 0 Å². The van der Waals surface area contributed by atoms with Gasteiger partial charge in [0.05, 0.1) is 22.3 Å². The lowest BCUT2D eigenvalue weighted by Crippen LogP contribution is -2.32. The fraction of sp³-hybridized carbons (Fsp3) is 0.396. The number of nitrogens with zero attached hydrogens (tertiary/aromatic N) is 8. The minimum absolute atomic E-state index is 0.0113. The van der Waals surface area contributed by atoms with Gasteiger partial charge >= 0.3 is 0 Å². The fourth-order valence-electron chi connectivity index (χ4n) is 16.0. The summed E-state index contributed by atoms with van der Waals surface area (Å²) < 4.78 is 134. The predicted octanol–water partition coefficient (Wildman–Crippen LogP) is 26.1. The van der Waals surface area contributed by atoms with Gasteiger partial charge in [0, 0.05) is 129 Å². The van der Waals surface area contributed by atoms with Crippen molar-refractivity contribution < 1.29 is 52.4 Å². The molecular weight excluding hydrogens is 1450 g/mol. The summed E-state index contributed by atoms with van der Waals surface area (Å²) in [7, 11) is 7.82. The van der Waals surface area contributed by atoms with Crippen molar-refractivity contribution in [1.82, 2.24) is 19.9 Å². The van der Waals surface area contributed by atoms with E-state index in [9.17, 15) is 0 Å². The van der Waals surface area contributed by atoms with Gasteiger partial charge in [0.25, 0.3) is 0 Å². The van der Waals surface area contributed by atoms with Crippen molar-refractivity contribution in [2.45, 2.75) is 230 Å². The second-order valence-electron chi connectivity index (χ2n) is 36.8. The zero-order valence-corrected chi connectivity index (χ0v) is 74.8. The van der Waals surface area contributed by atoms with Gasteiger partial charge in [-0.2, -0.15) is 0 Å². The molecule has 0 amide bonds. The Morgan fingerprint density at radius 1 is 0.322 bits per heavy atom. The van der Waals surface area contributed by atoms with Crippen molar-refractivity contribution in [2.75, 3.05) is 0 Å². The lowest BCUT2D eigenvalue weighted by atomic mass is 9.86. The number of rotatable bonds is 12. The summed E-state index contributed by atoms with van der Waals surface area (Å²) in [5.41, 5.74) is 25.2. The minimum Gasteiger partial charge on any atom is -0.437 e. The highest BCUT2D eigenvalue weighted by Crippen LogP contribution is 2.43. The highest BCUT2D eigenvalue weighted by Gasteiger charge is 2.31. The second-order valence-corrected chi connectivity index (χ2v) is 36.8. The van der Waals surface area contributed by atoms with Crippen LogP contribution < -0.4 is 18.3 Å². The van der Waals surface area contributed by atoms with Gasteiger partial charge in [-0.1, -0.05) is 173 Å². The minimum atomic E-state index is -3.08. The van der Waals surface area contributed by atoms with Gasteiger partial charge in [0.15, 0.2) is 47.1 Å². The molecule has 0 aliphatic carbocycles. The number of hydrogen-bond acceptors (Lipinski definition) is 8. The summed E-state index contributed by atoms with van der Waals surface area (Å²) >= 11 is 0. The summed E-state index contributed by atoms with van der Waals surface area (Å²) in [6, 6.07) is 41.6. The van der Waals surface area contributed by atoms with Gasteiger partial charge in [-0.15, -0.1) is 0 Å². The maximum absolute atomic E-state index is 8.84. The average Bonchev–Trinajstić information content (AvgIpc) is 1.40. The van der Waals surface area contributed by atoms with Gasteiger partial charge < -0.3 is 17.7 Å². The van der Waals surface area contributed by atoms with Crippen LogP contribution in [-0.2, 0) is 66.6 Å². The Balaban J connectivity index is 0.000000148. The molecule has 0 aliphatic rings. The van der Waals surface area contributed by atoms with Crippen LogP contribution in [0.5, 0.6) is 0 Å². The topological polar surface area (TPSA) is 120 Å². The number of pyridine rings is 8. The Hall–Kier alpha value is -10.7. The first-order valence-corrected chi connectivity index (χ1v) is 41.6. The molecule has 12 aromatic heterocycles. The SMILES string of the molecule is Cc1cc(-c2c(C)ccc3c2oc2nc(C(C)C)ccc23)[n+](C)cc1CC(C)(C)C.[2H]C([2H])([2H])C(C)(C([2H])([2H])[2H])C([2H])([2H])c1c[n+](C)c(-c2c(C)ccc3c2oc2nc(CC)ccc23)cc1C.[2H]C([2H])(c1c[n+](C)c(-c2c(C)ccc3c2oc2nc(C(C)C)ccc23)cc1C)C(C)(C)C.[2H]C([2H])(c1c[n+](C)c(-c2c(C)ccc3c2oc2nc(CC)ccc23)cc1C)C(C)(C)C. The Kier molecular flexibility index (Phi) is 19.6. The molecule has 0 aliphatic heterocycles. The third-order valence-corrected chi connectivity index (χ3v) is 22.1. The van der Waals surface area contributed by atoms with E-state index in [2.05, 4.69) is 202 Å². The van der Waals surface area contributed by atoms with Crippen LogP contribution in [0, 0.1) is 77.0 Å². The molecule has 0 fully saturated rings. The number of hydrogen-bond donors (Lipinski definition) is 0. The van der Waals surface area contributed by atoms with Gasteiger partial charge in [0.2, 0.25) is 45.6 Å². The van der Waals surface area contributed by atoms with Crippen LogP contribution in [0.1, 0.15) is 242 Å². The fourth-order valence-corrected chi connectivity index (χ4v) is 16.0. The smallest absolute Gasteiger partial charge is 0.227 e. The molecule has 0 unspecified atom stereocenters. The molecule has 0 N–H and O–H groups in total. The molecule has 16 rings (SSSR count). The van der Waals surface area contributed by atoms with Crippen molar-refractivity contribution in [1.29, 1.82) is 0 Å². The van der Waals surface area contributed by atoms with Crippen LogP contribution >= 0.6 is 0 Å². The molecule has 0 spiro atoms. The van der Waals surface area contributed by atoms with E-state index in [0.717, 1.165) is 187 Å². The van der Waals surface area contributed by atoms with Crippen LogP contribution in [-0.4, -0.2) is 19.9 Å². The van der Waals surface area contributed by atoms with E-state index in [-0.39, 0.29) is 11.0 Å². The third kappa shape index (κ3) is 17.8. The summed E-state index contributed by atoms with van der Waals surface area (Å²) in [4.78, 5) is 18.9. The molecule has 118 heavy (non-hydrogen) atoms. The van der Waals surface area contributed by atoms with Gasteiger partial charge in [-0.25, -0.2) is 38.2 Å². The van der Waals surface area contributed by atoms with E-state index in [1.165, 1.54) is 28.6 Å². The summed E-state index contributed by atoms with van der Waals surface area (Å²) in [5.74, 6) is 0.708. The molecule has 12 heteroatoms. The van der Waals surface area contributed by atoms with Gasteiger partial charge in [-0.3, -0.25) is 0 Å². The first-order chi connectivity index (χ1) is 60.3. The first kappa shape index (κ1) is 70.3.